The van der Waals surface area contributed by atoms with Gasteiger partial charge in [0.25, 0.3) is 0 Å². The lowest BCUT2D eigenvalue weighted by molar-refractivity contribution is 0.270. The first-order chi connectivity index (χ1) is 14.7. The van der Waals surface area contributed by atoms with Gasteiger partial charge < -0.3 is 19.9 Å². The molecule has 1 saturated heterocycles. The zero-order chi connectivity index (χ0) is 20.9. The summed E-state index contributed by atoms with van der Waals surface area (Å²) >= 11 is 0. The van der Waals surface area contributed by atoms with Crippen molar-refractivity contribution >= 4 is 16.7 Å². The summed E-state index contributed by atoms with van der Waals surface area (Å²) in [6, 6.07) is 14.9. The Morgan fingerprint density at radius 1 is 1.00 bits per heavy atom. The van der Waals surface area contributed by atoms with Crippen LogP contribution < -0.4 is 15.0 Å². The van der Waals surface area contributed by atoms with Crippen LogP contribution in [-0.2, 0) is 13.1 Å². The molecule has 0 radical (unpaired) electrons. The van der Waals surface area contributed by atoms with E-state index in [-0.39, 0.29) is 5.82 Å². The molecule has 3 aromatic rings. The van der Waals surface area contributed by atoms with Crippen molar-refractivity contribution in [3.05, 3.63) is 65.5 Å². The number of rotatable bonds is 7. The largest absolute Gasteiger partial charge is 0.497 e. The summed E-state index contributed by atoms with van der Waals surface area (Å²) in [6.45, 7) is 8.74. The van der Waals surface area contributed by atoms with Crippen LogP contribution in [0.4, 0.5) is 10.2 Å². The predicted octanol–water partition coefficient (Wildman–Crippen LogP) is 3.81. The van der Waals surface area contributed by atoms with Crippen LogP contribution in [0.5, 0.6) is 5.75 Å². The molecular formula is C24H29FN4O. The Balaban J connectivity index is 1.57. The second-order valence-electron chi connectivity index (χ2n) is 7.68. The molecule has 5 nitrogen and oxygen atoms in total. The lowest BCUT2D eigenvalue weighted by Crippen LogP contribution is -2.46. The van der Waals surface area contributed by atoms with E-state index in [0.717, 1.165) is 60.8 Å². The average molecular weight is 409 g/mol. The summed E-state index contributed by atoms with van der Waals surface area (Å²) in [5.41, 5.74) is 3.19. The summed E-state index contributed by atoms with van der Waals surface area (Å²) < 4.78 is 18.5. The highest BCUT2D eigenvalue weighted by Crippen LogP contribution is 2.27. The standard InChI is InChI=1S/C24H29FN4O/c1-3-28-10-12-29(13-11-28)24-20(17-26-16-18-4-7-21(25)8-5-18)14-19-6-9-22(30-2)15-23(19)27-24/h4-9,14-15,26H,3,10-13,16-17H2,1-2H3. The Bertz CT molecular complexity index is 984. The number of halogens is 1. The molecule has 0 amide bonds. The van der Waals surface area contributed by atoms with Gasteiger partial charge in [0.05, 0.1) is 12.6 Å². The maximum absolute atomic E-state index is 13.1. The Morgan fingerprint density at radius 2 is 1.77 bits per heavy atom. The number of piperazine rings is 1. The van der Waals surface area contributed by atoms with Crippen molar-refractivity contribution in [3.8, 4) is 5.75 Å². The van der Waals surface area contributed by atoms with E-state index in [2.05, 4.69) is 34.2 Å². The van der Waals surface area contributed by atoms with Crippen LogP contribution in [0.3, 0.4) is 0 Å². The predicted molar refractivity (Wildman–Crippen MR) is 120 cm³/mol. The van der Waals surface area contributed by atoms with Gasteiger partial charge in [-0.3, -0.25) is 0 Å². The van der Waals surface area contributed by atoms with Crippen LogP contribution in [0.15, 0.2) is 48.5 Å². The fourth-order valence-electron chi connectivity index (χ4n) is 3.93. The topological polar surface area (TPSA) is 40.6 Å². The third-order valence-electron chi connectivity index (χ3n) is 5.76. The Morgan fingerprint density at radius 3 is 2.47 bits per heavy atom. The number of nitrogens with zero attached hydrogens (tertiary/aromatic N) is 3. The van der Waals surface area contributed by atoms with Crippen LogP contribution in [0.1, 0.15) is 18.1 Å². The van der Waals surface area contributed by atoms with Crippen LogP contribution in [-0.4, -0.2) is 49.7 Å². The third-order valence-corrected chi connectivity index (χ3v) is 5.76. The van der Waals surface area contributed by atoms with Gasteiger partial charge in [-0.2, -0.15) is 0 Å². The third kappa shape index (κ3) is 4.71. The van der Waals surface area contributed by atoms with E-state index in [9.17, 15) is 4.39 Å². The van der Waals surface area contributed by atoms with Gasteiger partial charge in [0, 0.05) is 56.3 Å². The van der Waals surface area contributed by atoms with Gasteiger partial charge in [-0.15, -0.1) is 0 Å². The number of nitrogens with one attached hydrogen (secondary N) is 1. The molecule has 0 spiro atoms. The molecule has 1 N–H and O–H groups in total. The molecule has 0 atom stereocenters. The quantitative estimate of drug-likeness (QED) is 0.644. The summed E-state index contributed by atoms with van der Waals surface area (Å²) in [5.74, 6) is 1.65. The number of benzene rings is 2. The fraction of sp³-hybridized carbons (Fsp3) is 0.375. The Hall–Kier alpha value is -2.70. The van der Waals surface area contributed by atoms with Crippen LogP contribution >= 0.6 is 0 Å². The number of fused-ring (bicyclic) bond motifs is 1. The lowest BCUT2D eigenvalue weighted by atomic mass is 10.1. The molecule has 6 heteroatoms. The van der Waals surface area contributed by atoms with Crippen LogP contribution in [0.2, 0.25) is 0 Å². The normalized spacial score (nSPS) is 15.0. The minimum Gasteiger partial charge on any atom is -0.497 e. The zero-order valence-corrected chi connectivity index (χ0v) is 17.7. The van der Waals surface area contributed by atoms with E-state index in [4.69, 9.17) is 9.72 Å². The average Bonchev–Trinajstić information content (AvgIpc) is 2.79. The second kappa shape index (κ2) is 9.41. The van der Waals surface area contributed by atoms with E-state index in [0.29, 0.717) is 13.1 Å². The summed E-state index contributed by atoms with van der Waals surface area (Å²) in [5, 5.41) is 4.60. The fourth-order valence-corrected chi connectivity index (χ4v) is 3.93. The second-order valence-corrected chi connectivity index (χ2v) is 7.68. The first kappa shape index (κ1) is 20.6. The summed E-state index contributed by atoms with van der Waals surface area (Å²) in [7, 11) is 1.68. The highest BCUT2D eigenvalue weighted by Gasteiger charge is 2.20. The smallest absolute Gasteiger partial charge is 0.133 e. The number of aromatic nitrogens is 1. The van der Waals surface area contributed by atoms with Gasteiger partial charge in [0.2, 0.25) is 0 Å². The van der Waals surface area contributed by atoms with Crippen molar-refractivity contribution in [2.24, 2.45) is 0 Å². The molecule has 1 fully saturated rings. The Labute approximate surface area is 177 Å². The molecule has 0 saturated carbocycles. The van der Waals surface area contributed by atoms with Crippen molar-refractivity contribution in [3.63, 3.8) is 0 Å². The van der Waals surface area contributed by atoms with Gasteiger partial charge in [-0.05, 0) is 42.4 Å². The molecule has 0 unspecified atom stereocenters. The van der Waals surface area contributed by atoms with E-state index in [1.54, 1.807) is 7.11 Å². The first-order valence-corrected chi connectivity index (χ1v) is 10.6. The molecule has 2 aromatic carbocycles. The van der Waals surface area contributed by atoms with Crippen molar-refractivity contribution in [1.29, 1.82) is 0 Å². The molecule has 158 valence electrons. The van der Waals surface area contributed by atoms with Crippen LogP contribution in [0, 0.1) is 5.82 Å². The summed E-state index contributed by atoms with van der Waals surface area (Å²) in [4.78, 5) is 9.89. The number of hydrogen-bond donors (Lipinski definition) is 1. The Kier molecular flexibility index (Phi) is 6.45. The van der Waals surface area contributed by atoms with Crippen molar-refractivity contribution < 1.29 is 9.13 Å². The molecule has 2 heterocycles. The van der Waals surface area contributed by atoms with Gasteiger partial charge >= 0.3 is 0 Å². The molecule has 1 aliphatic heterocycles. The van der Waals surface area contributed by atoms with E-state index in [1.165, 1.54) is 17.7 Å². The first-order valence-electron chi connectivity index (χ1n) is 10.6. The summed E-state index contributed by atoms with van der Waals surface area (Å²) in [6.07, 6.45) is 0. The maximum Gasteiger partial charge on any atom is 0.133 e. The van der Waals surface area contributed by atoms with Crippen molar-refractivity contribution in [1.82, 2.24) is 15.2 Å². The van der Waals surface area contributed by atoms with Crippen molar-refractivity contribution in [2.75, 3.05) is 44.7 Å². The highest BCUT2D eigenvalue weighted by atomic mass is 19.1. The molecule has 0 aliphatic carbocycles. The van der Waals surface area contributed by atoms with Gasteiger partial charge in [-0.25, -0.2) is 9.37 Å². The maximum atomic E-state index is 13.1. The number of methoxy groups -OCH3 is 1. The monoisotopic (exact) mass is 408 g/mol. The minimum absolute atomic E-state index is 0.207. The SMILES string of the molecule is CCN1CCN(c2nc3cc(OC)ccc3cc2CNCc2ccc(F)cc2)CC1. The zero-order valence-electron chi connectivity index (χ0n) is 17.7. The van der Waals surface area contributed by atoms with Gasteiger partial charge in [-0.1, -0.05) is 19.1 Å². The number of pyridine rings is 1. The molecule has 1 aromatic heterocycles. The lowest BCUT2D eigenvalue weighted by Gasteiger charge is -2.35. The number of anilines is 1. The number of likely N-dealkylation sites (N-methyl/N-ethyl adjacent to an activating group) is 1. The van der Waals surface area contributed by atoms with Gasteiger partial charge in [0.15, 0.2) is 0 Å². The van der Waals surface area contributed by atoms with E-state index >= 15 is 0 Å². The molecule has 30 heavy (non-hydrogen) atoms. The van der Waals surface area contributed by atoms with Crippen molar-refractivity contribution in [2.45, 2.75) is 20.0 Å². The molecular weight excluding hydrogens is 379 g/mol. The highest BCUT2D eigenvalue weighted by molar-refractivity contribution is 5.83. The minimum atomic E-state index is -0.207. The molecule has 4 rings (SSSR count). The van der Waals surface area contributed by atoms with E-state index < -0.39 is 0 Å². The number of hydrogen-bond acceptors (Lipinski definition) is 5. The molecule has 1 aliphatic rings. The van der Waals surface area contributed by atoms with Crippen LogP contribution in [0.25, 0.3) is 10.9 Å². The molecule has 0 bridgehead atoms. The van der Waals surface area contributed by atoms with Gasteiger partial charge in [0.1, 0.15) is 17.4 Å². The van der Waals surface area contributed by atoms with E-state index in [1.807, 2.05) is 24.3 Å². The number of ether oxygens (including phenoxy) is 1.